The zero-order valence-electron chi connectivity index (χ0n) is 8.89. The molecule has 0 spiro atoms. The number of H-pyrrole nitrogens is 1. The fourth-order valence-electron chi connectivity index (χ4n) is 2.06. The first-order chi connectivity index (χ1) is 8.29. The third-order valence-electron chi connectivity index (χ3n) is 2.91. The molecular weight excluding hydrogens is 240 g/mol. The first kappa shape index (κ1) is 10.7. The Morgan fingerprint density at radius 1 is 1.35 bits per heavy atom. The Hall–Kier alpha value is -1.43. The van der Waals surface area contributed by atoms with E-state index in [1.54, 1.807) is 0 Å². The van der Waals surface area contributed by atoms with Gasteiger partial charge in [-0.2, -0.15) is 0 Å². The molecule has 1 aliphatic rings. The monoisotopic (exact) mass is 250 g/mol. The van der Waals surface area contributed by atoms with Crippen molar-refractivity contribution >= 4 is 22.6 Å². The first-order valence-electron chi connectivity index (χ1n) is 5.32. The molecule has 0 bridgehead atoms. The second-order valence-electron chi connectivity index (χ2n) is 3.95. The molecule has 2 aromatic heterocycles. The Morgan fingerprint density at radius 2 is 2.24 bits per heavy atom. The van der Waals surface area contributed by atoms with E-state index in [4.69, 9.17) is 16.7 Å². The molecule has 2 atom stereocenters. The van der Waals surface area contributed by atoms with E-state index in [2.05, 4.69) is 20.3 Å². The van der Waals surface area contributed by atoms with Crippen LogP contribution in [0.5, 0.6) is 0 Å². The predicted octanol–water partition coefficient (Wildman–Crippen LogP) is 1.17. The van der Waals surface area contributed by atoms with Crippen LogP contribution in [0.3, 0.4) is 0 Å². The molecule has 0 unspecified atom stereocenters. The van der Waals surface area contributed by atoms with Gasteiger partial charge in [0.15, 0.2) is 5.15 Å². The summed E-state index contributed by atoms with van der Waals surface area (Å²) in [7, 11) is 0. The van der Waals surface area contributed by atoms with Gasteiger partial charge >= 0.3 is 0 Å². The largest absolute Gasteiger partial charge is 0.394 e. The Bertz CT molecular complexity index is 580. The van der Waals surface area contributed by atoms with E-state index in [9.17, 15) is 0 Å². The van der Waals surface area contributed by atoms with Gasteiger partial charge < -0.3 is 10.1 Å². The molecule has 88 valence electrons. The van der Waals surface area contributed by atoms with Crippen LogP contribution in [0.4, 0.5) is 0 Å². The van der Waals surface area contributed by atoms with Crippen LogP contribution in [0.1, 0.15) is 11.6 Å². The van der Waals surface area contributed by atoms with Crippen molar-refractivity contribution in [2.24, 2.45) is 0 Å². The fraction of sp³-hybridized carbons (Fsp3) is 0.273. The number of nitrogens with one attached hydrogen (secondary N) is 2. The summed E-state index contributed by atoms with van der Waals surface area (Å²) in [5.74, 6) is 0. The zero-order chi connectivity index (χ0) is 11.8. The summed E-state index contributed by atoms with van der Waals surface area (Å²) in [6.45, 7) is 0.0884. The van der Waals surface area contributed by atoms with Crippen LogP contribution in [0.15, 0.2) is 24.7 Å². The number of aromatic nitrogens is 3. The quantitative estimate of drug-likeness (QED) is 0.553. The molecule has 0 fully saturated rings. The lowest BCUT2D eigenvalue weighted by Gasteiger charge is -2.11. The van der Waals surface area contributed by atoms with Crippen molar-refractivity contribution in [1.29, 1.82) is 0 Å². The Balaban J connectivity index is 2.02. The molecule has 1 aliphatic heterocycles. The van der Waals surface area contributed by atoms with Crippen LogP contribution in [-0.4, -0.2) is 32.7 Å². The molecule has 0 aliphatic carbocycles. The molecule has 3 N–H and O–H groups in total. The number of rotatable bonds is 2. The van der Waals surface area contributed by atoms with Crippen molar-refractivity contribution < 1.29 is 5.11 Å². The lowest BCUT2D eigenvalue weighted by atomic mass is 10.1. The Labute approximate surface area is 103 Å². The molecule has 3 rings (SSSR count). The highest BCUT2D eigenvalue weighted by molar-refractivity contribution is 6.33. The van der Waals surface area contributed by atoms with Crippen molar-refractivity contribution in [3.05, 3.63) is 35.4 Å². The van der Waals surface area contributed by atoms with Crippen LogP contribution in [-0.2, 0) is 0 Å². The highest BCUT2D eigenvalue weighted by atomic mass is 35.5. The second kappa shape index (κ2) is 4.10. The zero-order valence-corrected chi connectivity index (χ0v) is 9.65. The van der Waals surface area contributed by atoms with Crippen LogP contribution < -0.4 is 5.32 Å². The van der Waals surface area contributed by atoms with Gasteiger partial charge in [0.05, 0.1) is 18.2 Å². The second-order valence-corrected chi connectivity index (χ2v) is 4.31. The van der Waals surface area contributed by atoms with Gasteiger partial charge in [0.1, 0.15) is 11.8 Å². The lowest BCUT2D eigenvalue weighted by molar-refractivity contribution is 0.266. The van der Waals surface area contributed by atoms with Crippen molar-refractivity contribution in [2.75, 3.05) is 6.61 Å². The number of aliphatic hydroxyl groups is 1. The number of fused-ring (bicyclic) bond motifs is 1. The highest BCUT2D eigenvalue weighted by Gasteiger charge is 2.22. The summed E-state index contributed by atoms with van der Waals surface area (Å²) in [5, 5.41) is 12.8. The van der Waals surface area contributed by atoms with E-state index in [1.807, 2.05) is 18.3 Å². The van der Waals surface area contributed by atoms with Crippen molar-refractivity contribution in [2.45, 2.75) is 12.1 Å². The van der Waals surface area contributed by atoms with Gasteiger partial charge in [0.25, 0.3) is 0 Å². The molecule has 0 saturated heterocycles. The van der Waals surface area contributed by atoms with E-state index < -0.39 is 0 Å². The molecular formula is C11H11ClN4O. The summed E-state index contributed by atoms with van der Waals surface area (Å²) < 4.78 is 0. The number of hydrogen-bond acceptors (Lipinski definition) is 4. The average Bonchev–Trinajstić information content (AvgIpc) is 2.94. The van der Waals surface area contributed by atoms with Gasteiger partial charge in [-0.1, -0.05) is 23.8 Å². The van der Waals surface area contributed by atoms with Gasteiger partial charge in [0.2, 0.25) is 0 Å². The molecule has 0 aromatic carbocycles. The molecule has 5 nitrogen and oxygen atoms in total. The van der Waals surface area contributed by atoms with Crippen LogP contribution >= 0.6 is 11.6 Å². The van der Waals surface area contributed by atoms with E-state index in [0.717, 1.165) is 16.6 Å². The van der Waals surface area contributed by atoms with Crippen LogP contribution in [0.25, 0.3) is 11.0 Å². The van der Waals surface area contributed by atoms with Gasteiger partial charge in [-0.15, -0.1) is 0 Å². The summed E-state index contributed by atoms with van der Waals surface area (Å²) in [6, 6.07) is 0.0501. The third-order valence-corrected chi connectivity index (χ3v) is 3.19. The minimum atomic E-state index is 0.00209. The summed E-state index contributed by atoms with van der Waals surface area (Å²) in [6.07, 6.45) is 7.28. The normalized spacial score (nSPS) is 23.6. The minimum absolute atomic E-state index is 0.00209. The third kappa shape index (κ3) is 1.72. The molecule has 3 heterocycles. The SMILES string of the molecule is OC[C@@H]1C=C[C@H](c2c[nH]c3c(Cl)ncnc23)N1. The van der Waals surface area contributed by atoms with E-state index in [1.165, 1.54) is 6.33 Å². The maximum atomic E-state index is 9.07. The molecule has 0 radical (unpaired) electrons. The molecule has 2 aromatic rings. The maximum Gasteiger partial charge on any atom is 0.156 e. The molecule has 0 amide bonds. The number of aliphatic hydroxyl groups excluding tert-OH is 1. The molecule has 6 heteroatoms. The molecule has 0 saturated carbocycles. The molecule has 17 heavy (non-hydrogen) atoms. The van der Waals surface area contributed by atoms with Crippen molar-refractivity contribution in [1.82, 2.24) is 20.3 Å². The predicted molar refractivity (Wildman–Crippen MR) is 64.8 cm³/mol. The van der Waals surface area contributed by atoms with E-state index in [0.29, 0.717) is 5.15 Å². The van der Waals surface area contributed by atoms with Gasteiger partial charge in [-0.05, 0) is 0 Å². The maximum absolute atomic E-state index is 9.07. The van der Waals surface area contributed by atoms with Gasteiger partial charge in [0, 0.05) is 17.8 Å². The van der Waals surface area contributed by atoms with Crippen LogP contribution in [0, 0.1) is 0 Å². The highest BCUT2D eigenvalue weighted by Crippen LogP contribution is 2.28. The van der Waals surface area contributed by atoms with E-state index >= 15 is 0 Å². The Kier molecular flexibility index (Phi) is 2.58. The first-order valence-corrected chi connectivity index (χ1v) is 5.70. The average molecular weight is 251 g/mol. The number of aromatic amines is 1. The topological polar surface area (TPSA) is 73.8 Å². The summed E-state index contributed by atoms with van der Waals surface area (Å²) >= 11 is 5.97. The number of nitrogens with zero attached hydrogens (tertiary/aromatic N) is 2. The van der Waals surface area contributed by atoms with Crippen LogP contribution in [0.2, 0.25) is 5.15 Å². The Morgan fingerprint density at radius 3 is 3.00 bits per heavy atom. The minimum Gasteiger partial charge on any atom is -0.394 e. The van der Waals surface area contributed by atoms with Crippen molar-refractivity contribution in [3.63, 3.8) is 0 Å². The number of hydrogen-bond donors (Lipinski definition) is 3. The lowest BCUT2D eigenvalue weighted by Crippen LogP contribution is -2.28. The summed E-state index contributed by atoms with van der Waals surface area (Å²) in [4.78, 5) is 11.2. The smallest absolute Gasteiger partial charge is 0.156 e. The summed E-state index contributed by atoms with van der Waals surface area (Å²) in [5.41, 5.74) is 2.56. The van der Waals surface area contributed by atoms with E-state index in [-0.39, 0.29) is 18.7 Å². The van der Waals surface area contributed by atoms with Gasteiger partial charge in [-0.3, -0.25) is 5.32 Å². The fourth-order valence-corrected chi connectivity index (χ4v) is 2.25. The standard InChI is InChI=1S/C11H11ClN4O/c12-11-10-9(14-5-15-11)7(3-13-10)8-2-1-6(4-17)16-8/h1-3,5-6,8,13,16-17H,4H2/t6-,8+/m0/s1. The van der Waals surface area contributed by atoms with Crippen molar-refractivity contribution in [3.8, 4) is 0 Å². The number of halogens is 1. The van der Waals surface area contributed by atoms with Gasteiger partial charge in [-0.25, -0.2) is 9.97 Å².